The molecule has 0 bridgehead atoms. The summed E-state index contributed by atoms with van der Waals surface area (Å²) in [5.41, 5.74) is 0.995. The number of carbonyl (C=O) groups is 2. The van der Waals surface area contributed by atoms with E-state index in [0.29, 0.717) is 18.1 Å². The molecule has 11 heteroatoms. The summed E-state index contributed by atoms with van der Waals surface area (Å²) in [7, 11) is -3.19. The van der Waals surface area contributed by atoms with Crippen molar-refractivity contribution in [3.05, 3.63) is 71.5 Å². The highest BCUT2D eigenvalue weighted by Gasteiger charge is 2.48. The van der Waals surface area contributed by atoms with Crippen molar-refractivity contribution < 1.29 is 27.1 Å². The second-order valence-corrected chi connectivity index (χ2v) is 13.9. The van der Waals surface area contributed by atoms with E-state index >= 15 is 0 Å². The average molecular weight is 562 g/mol. The Morgan fingerprint density at radius 3 is 2.45 bits per heavy atom. The first kappa shape index (κ1) is 28.1. The molecule has 2 fully saturated rings. The van der Waals surface area contributed by atoms with Gasteiger partial charge in [-0.3, -0.25) is 4.79 Å². The van der Waals surface area contributed by atoms with Crippen molar-refractivity contribution in [1.82, 2.24) is 10.2 Å². The summed E-state index contributed by atoms with van der Waals surface area (Å²) in [4.78, 5) is 32.3. The van der Waals surface area contributed by atoms with Gasteiger partial charge in [0.05, 0.1) is 17.5 Å². The van der Waals surface area contributed by atoms with Gasteiger partial charge in [0.2, 0.25) is 0 Å². The number of halogens is 1. The number of amidine groups is 1. The fourth-order valence-electron chi connectivity index (χ4n) is 4.47. The van der Waals surface area contributed by atoms with E-state index in [0.717, 1.165) is 11.1 Å². The molecule has 2 aliphatic heterocycles. The Balaban J connectivity index is 1.56. The van der Waals surface area contributed by atoms with Crippen molar-refractivity contribution in [2.45, 2.75) is 56.5 Å². The number of amides is 2. The molecule has 4 rings (SSSR count). The molecule has 2 aromatic rings. The highest BCUT2D eigenvalue weighted by molar-refractivity contribution is 8.15. The molecule has 2 saturated heterocycles. The third-order valence-corrected chi connectivity index (χ3v) is 9.45. The van der Waals surface area contributed by atoms with Crippen LogP contribution in [0.4, 0.5) is 9.18 Å². The molecule has 38 heavy (non-hydrogen) atoms. The maximum atomic E-state index is 13.5. The van der Waals surface area contributed by atoms with Gasteiger partial charge in [-0.05, 0) is 50.5 Å². The molecule has 0 spiro atoms. The number of rotatable bonds is 7. The van der Waals surface area contributed by atoms with Gasteiger partial charge < -0.3 is 15.0 Å². The lowest BCUT2D eigenvalue weighted by molar-refractivity contribution is -0.119. The number of nitrogens with one attached hydrogen (secondary N) is 1. The fourth-order valence-corrected chi connectivity index (χ4v) is 8.45. The molecule has 0 unspecified atom stereocenters. The summed E-state index contributed by atoms with van der Waals surface area (Å²) in [6, 6.07) is 14.1. The highest BCUT2D eigenvalue weighted by Crippen LogP contribution is 2.38. The quantitative estimate of drug-likeness (QED) is 0.551. The summed E-state index contributed by atoms with van der Waals surface area (Å²) in [5.74, 6) is -0.865. The van der Waals surface area contributed by atoms with Gasteiger partial charge in [-0.25, -0.2) is 17.6 Å². The van der Waals surface area contributed by atoms with Crippen LogP contribution < -0.4 is 5.32 Å². The second-order valence-electron chi connectivity index (χ2n) is 10.5. The van der Waals surface area contributed by atoms with Gasteiger partial charge in [-0.15, -0.1) is 0 Å². The molecule has 3 atom stereocenters. The Morgan fingerprint density at radius 2 is 1.79 bits per heavy atom. The minimum Gasteiger partial charge on any atom is -0.444 e. The maximum Gasteiger partial charge on any atom is 0.408 e. The Morgan fingerprint density at radius 1 is 1.11 bits per heavy atom. The first-order valence-electron chi connectivity index (χ1n) is 12.4. The van der Waals surface area contributed by atoms with Gasteiger partial charge in [0.15, 0.2) is 15.0 Å². The van der Waals surface area contributed by atoms with Crippen molar-refractivity contribution in [3.8, 4) is 0 Å². The van der Waals surface area contributed by atoms with Gasteiger partial charge in [-0.2, -0.15) is 4.99 Å². The summed E-state index contributed by atoms with van der Waals surface area (Å²) < 4.78 is 43.4. The molecular weight excluding hydrogens is 529 g/mol. The van der Waals surface area contributed by atoms with Crippen LogP contribution in [0.2, 0.25) is 0 Å². The molecule has 2 aliphatic rings. The minimum atomic E-state index is -3.19. The first-order chi connectivity index (χ1) is 17.9. The first-order valence-corrected chi connectivity index (χ1v) is 15.1. The van der Waals surface area contributed by atoms with Crippen LogP contribution in [0.5, 0.6) is 0 Å². The Bertz CT molecular complexity index is 1290. The third kappa shape index (κ3) is 7.57. The summed E-state index contributed by atoms with van der Waals surface area (Å²) in [6.45, 7) is 5.63. The van der Waals surface area contributed by atoms with E-state index in [-0.39, 0.29) is 35.0 Å². The number of carbonyl (C=O) groups excluding carboxylic acids is 2. The smallest absolute Gasteiger partial charge is 0.408 e. The molecule has 2 amide bonds. The van der Waals surface area contributed by atoms with Gasteiger partial charge in [0, 0.05) is 18.2 Å². The number of hydrogen-bond acceptors (Lipinski definition) is 6. The molecule has 2 aromatic carbocycles. The van der Waals surface area contributed by atoms with Crippen molar-refractivity contribution in [2.24, 2.45) is 4.99 Å². The van der Waals surface area contributed by atoms with Crippen LogP contribution in [-0.4, -0.2) is 71.5 Å². The largest absolute Gasteiger partial charge is 0.444 e. The lowest BCUT2D eigenvalue weighted by atomic mass is 10.1. The molecule has 0 saturated carbocycles. The monoisotopic (exact) mass is 561 g/mol. The Kier molecular flexibility index (Phi) is 8.46. The van der Waals surface area contributed by atoms with E-state index < -0.39 is 33.5 Å². The van der Waals surface area contributed by atoms with Crippen LogP contribution in [0, 0.1) is 5.82 Å². The van der Waals surface area contributed by atoms with E-state index in [4.69, 9.17) is 4.74 Å². The number of ether oxygens (including phenoxy) is 1. The summed E-state index contributed by atoms with van der Waals surface area (Å²) in [6.07, 6.45) is 0.0279. The van der Waals surface area contributed by atoms with E-state index in [9.17, 15) is 22.4 Å². The van der Waals surface area contributed by atoms with Crippen molar-refractivity contribution in [1.29, 1.82) is 0 Å². The zero-order valence-corrected chi connectivity index (χ0v) is 23.2. The van der Waals surface area contributed by atoms with E-state index in [1.54, 1.807) is 32.9 Å². The van der Waals surface area contributed by atoms with Gasteiger partial charge in [0.1, 0.15) is 17.5 Å². The van der Waals surface area contributed by atoms with Crippen LogP contribution in [0.15, 0.2) is 59.6 Å². The Hall–Kier alpha value is -2.92. The maximum absolute atomic E-state index is 13.5. The molecular formula is C27H32FN3O5S2. The molecule has 0 aromatic heterocycles. The van der Waals surface area contributed by atoms with E-state index in [2.05, 4.69) is 10.3 Å². The third-order valence-electron chi connectivity index (χ3n) is 6.21. The van der Waals surface area contributed by atoms with Crippen LogP contribution in [0.25, 0.3) is 0 Å². The second kappa shape index (κ2) is 11.4. The standard InChI is InChI=1S/C27H32FN3O5S2/c1-27(2,3)36-26(33)29-21(15-19-7-5-4-6-8-19)24(32)30-25-31(14-13-18-9-11-20(28)12-10-18)22-16-38(34,35)17-23(22)37-25/h4-12,21-23H,13-17H2,1-3H3,(H,29,33)/t21-,22-,23+/m1/s1. The summed E-state index contributed by atoms with van der Waals surface area (Å²) >= 11 is 1.28. The predicted molar refractivity (Wildman–Crippen MR) is 146 cm³/mol. The fraction of sp³-hybridized carbons (Fsp3) is 0.444. The number of nitrogens with zero attached hydrogens (tertiary/aromatic N) is 2. The molecule has 1 N–H and O–H groups in total. The zero-order valence-electron chi connectivity index (χ0n) is 21.6. The lowest BCUT2D eigenvalue weighted by Gasteiger charge is -2.25. The number of thioether (sulfide) groups is 1. The number of aliphatic imine (C=N–C) groups is 1. The predicted octanol–water partition coefficient (Wildman–Crippen LogP) is 3.60. The van der Waals surface area contributed by atoms with Gasteiger partial charge >= 0.3 is 6.09 Å². The van der Waals surface area contributed by atoms with Crippen LogP contribution >= 0.6 is 11.8 Å². The van der Waals surface area contributed by atoms with Crippen LogP contribution in [-0.2, 0) is 32.2 Å². The highest BCUT2D eigenvalue weighted by atomic mass is 32.2. The summed E-state index contributed by atoms with van der Waals surface area (Å²) in [5, 5.41) is 2.87. The molecule has 8 nitrogen and oxygen atoms in total. The Labute approximate surface area is 227 Å². The molecule has 0 radical (unpaired) electrons. The normalized spacial score (nSPS) is 22.2. The SMILES string of the molecule is CC(C)(C)OC(=O)N[C@H](Cc1ccccc1)C(=O)N=C1S[C@H]2CS(=O)(=O)C[C@H]2N1CCc1ccc(F)cc1. The van der Waals surface area contributed by atoms with Crippen LogP contribution in [0.1, 0.15) is 31.9 Å². The number of benzene rings is 2. The van der Waals surface area contributed by atoms with E-state index in [1.807, 2.05) is 35.2 Å². The van der Waals surface area contributed by atoms with Crippen molar-refractivity contribution in [2.75, 3.05) is 18.1 Å². The molecule has 204 valence electrons. The average Bonchev–Trinajstić information content (AvgIpc) is 3.28. The lowest BCUT2D eigenvalue weighted by Crippen LogP contribution is -2.45. The van der Waals surface area contributed by atoms with Crippen molar-refractivity contribution in [3.63, 3.8) is 0 Å². The van der Waals surface area contributed by atoms with Crippen molar-refractivity contribution >= 4 is 38.8 Å². The van der Waals surface area contributed by atoms with Gasteiger partial charge in [0.25, 0.3) is 5.91 Å². The topological polar surface area (TPSA) is 105 Å². The number of sulfone groups is 1. The number of hydrogen-bond donors (Lipinski definition) is 1. The van der Waals surface area contributed by atoms with Gasteiger partial charge in [-0.1, -0.05) is 54.2 Å². The minimum absolute atomic E-state index is 0.00903. The molecule has 0 aliphatic carbocycles. The van der Waals surface area contributed by atoms with E-state index in [1.165, 1.54) is 23.9 Å². The molecule has 2 heterocycles. The number of fused-ring (bicyclic) bond motifs is 1. The van der Waals surface area contributed by atoms with Crippen LogP contribution in [0.3, 0.4) is 0 Å². The number of alkyl carbamates (subject to hydrolysis) is 1. The zero-order chi connectivity index (χ0) is 27.5.